The number of hydrogen-bond donors (Lipinski definition) is 3. The van der Waals surface area contributed by atoms with Gasteiger partial charge in [0.15, 0.2) is 0 Å². The van der Waals surface area contributed by atoms with Crippen molar-refractivity contribution in [2.45, 2.75) is 51.9 Å². The number of nitrogens with one attached hydrogen (secondary N) is 3. The zero-order valence-electron chi connectivity index (χ0n) is 16.8. The quantitative estimate of drug-likeness (QED) is 0.659. The molecule has 0 saturated heterocycles. The van der Waals surface area contributed by atoms with Crippen LogP contribution in [-0.2, 0) is 9.53 Å². The van der Waals surface area contributed by atoms with Crippen LogP contribution in [0.2, 0.25) is 0 Å². The topological polar surface area (TPSA) is 96.5 Å². The van der Waals surface area contributed by atoms with Crippen LogP contribution in [0.3, 0.4) is 0 Å². The molecule has 3 N–H and O–H groups in total. The van der Waals surface area contributed by atoms with Gasteiger partial charge in [-0.15, -0.1) is 0 Å². The van der Waals surface area contributed by atoms with Crippen molar-refractivity contribution in [2.24, 2.45) is 23.2 Å². The molecule has 0 aromatic heterocycles. The third kappa shape index (κ3) is 4.54. The molecule has 0 spiro atoms. The smallest absolute Gasteiger partial charge is 0.411 e. The van der Waals surface area contributed by atoms with Gasteiger partial charge in [0.25, 0.3) is 5.91 Å². The molecule has 3 amide bonds. The number of hydrazine groups is 1. The first kappa shape index (κ1) is 19.7. The predicted molar refractivity (Wildman–Crippen MR) is 108 cm³/mol. The molecule has 1 aromatic rings. The number of anilines is 1. The number of carbonyl (C=O) groups excluding carboxylic acids is 3. The average Bonchev–Trinajstić information content (AvgIpc) is 2.65. The summed E-state index contributed by atoms with van der Waals surface area (Å²) < 4.78 is 4.83. The van der Waals surface area contributed by atoms with Crippen LogP contribution in [0.5, 0.6) is 0 Å². The number of ether oxygens (including phenoxy) is 1. The van der Waals surface area contributed by atoms with Crippen molar-refractivity contribution < 1.29 is 19.1 Å². The maximum atomic E-state index is 12.5. The van der Waals surface area contributed by atoms with E-state index in [1.807, 2.05) is 0 Å². The van der Waals surface area contributed by atoms with Crippen molar-refractivity contribution in [3.63, 3.8) is 0 Å². The van der Waals surface area contributed by atoms with Crippen LogP contribution >= 0.6 is 0 Å². The van der Waals surface area contributed by atoms with Crippen molar-refractivity contribution in [1.82, 2.24) is 10.9 Å². The highest BCUT2D eigenvalue weighted by Gasteiger charge is 2.51. The van der Waals surface area contributed by atoms with Crippen molar-refractivity contribution in [1.29, 1.82) is 0 Å². The van der Waals surface area contributed by atoms with E-state index in [1.165, 1.54) is 25.3 Å². The normalized spacial score (nSPS) is 29.2. The molecule has 0 unspecified atom stereocenters. The molecule has 7 heteroatoms. The maximum Gasteiger partial charge on any atom is 0.411 e. The highest BCUT2D eigenvalue weighted by molar-refractivity contribution is 5.97. The molecule has 156 valence electrons. The number of hydrogen-bond acceptors (Lipinski definition) is 4. The molecular formula is C22H29N3O4. The van der Waals surface area contributed by atoms with Crippen LogP contribution < -0.4 is 16.2 Å². The highest BCUT2D eigenvalue weighted by atomic mass is 16.5. The Labute approximate surface area is 170 Å². The van der Waals surface area contributed by atoms with Gasteiger partial charge in [-0.2, -0.15) is 0 Å². The molecule has 4 fully saturated rings. The summed E-state index contributed by atoms with van der Waals surface area (Å²) in [7, 11) is 0. The molecule has 0 radical (unpaired) electrons. The maximum absolute atomic E-state index is 12.5. The molecule has 1 aromatic carbocycles. The Bertz CT molecular complexity index is 772. The lowest BCUT2D eigenvalue weighted by Gasteiger charge is -2.56. The fraction of sp³-hybridized carbons (Fsp3) is 0.591. The fourth-order valence-electron chi connectivity index (χ4n) is 6.11. The molecule has 0 heterocycles. The van der Waals surface area contributed by atoms with Crippen LogP contribution in [-0.4, -0.2) is 24.5 Å². The SMILES string of the molecule is CCOC(=O)Nc1cccc(C(=O)NNC(=O)CC23CC4CC(CC(C4)C2)C3)c1. The molecule has 0 aliphatic heterocycles. The lowest BCUT2D eigenvalue weighted by atomic mass is 9.49. The van der Waals surface area contributed by atoms with Crippen LogP contribution in [0, 0.1) is 23.2 Å². The zero-order valence-corrected chi connectivity index (χ0v) is 16.8. The van der Waals surface area contributed by atoms with Gasteiger partial charge in [-0.1, -0.05) is 6.07 Å². The second-order valence-electron chi connectivity index (χ2n) is 9.02. The monoisotopic (exact) mass is 399 g/mol. The summed E-state index contributed by atoms with van der Waals surface area (Å²) in [6.07, 6.45) is 7.40. The van der Waals surface area contributed by atoms with E-state index in [0.717, 1.165) is 37.0 Å². The summed E-state index contributed by atoms with van der Waals surface area (Å²) in [5.41, 5.74) is 6.02. The standard InChI is InChI=1S/C22H29N3O4/c1-2-29-21(28)23-18-5-3-4-17(9-18)20(27)25-24-19(26)13-22-10-14-6-15(11-22)8-16(7-14)12-22/h3-5,9,14-16H,2,6-8,10-13H2,1H3,(H,23,28)(H,24,26)(H,25,27). The Balaban J connectivity index is 1.29. The second-order valence-corrected chi connectivity index (χ2v) is 9.02. The van der Waals surface area contributed by atoms with Gasteiger partial charge in [-0.3, -0.25) is 25.8 Å². The van der Waals surface area contributed by atoms with Gasteiger partial charge in [0.2, 0.25) is 5.91 Å². The van der Waals surface area contributed by atoms with E-state index in [4.69, 9.17) is 4.74 Å². The van der Waals surface area contributed by atoms with Crippen molar-refractivity contribution in [3.05, 3.63) is 29.8 Å². The summed E-state index contributed by atoms with van der Waals surface area (Å²) in [5.74, 6) is 1.83. The van der Waals surface area contributed by atoms with Gasteiger partial charge in [0.1, 0.15) is 0 Å². The van der Waals surface area contributed by atoms with Crippen molar-refractivity contribution in [2.75, 3.05) is 11.9 Å². The Morgan fingerprint density at radius 1 is 1.03 bits per heavy atom. The molecule has 0 atom stereocenters. The summed E-state index contributed by atoms with van der Waals surface area (Å²) in [6.45, 7) is 1.98. The lowest BCUT2D eigenvalue weighted by Crippen LogP contribution is -2.50. The van der Waals surface area contributed by atoms with E-state index in [2.05, 4.69) is 16.2 Å². The van der Waals surface area contributed by atoms with Gasteiger partial charge in [-0.05, 0) is 86.8 Å². The summed E-state index contributed by atoms with van der Waals surface area (Å²) in [6, 6.07) is 6.49. The minimum atomic E-state index is -0.575. The van der Waals surface area contributed by atoms with Gasteiger partial charge < -0.3 is 4.74 Å². The Hall–Kier alpha value is -2.57. The predicted octanol–water partition coefficient (Wildman–Crippen LogP) is 3.62. The van der Waals surface area contributed by atoms with Crippen molar-refractivity contribution >= 4 is 23.6 Å². The minimum absolute atomic E-state index is 0.124. The highest BCUT2D eigenvalue weighted by Crippen LogP contribution is 2.61. The summed E-state index contributed by atoms with van der Waals surface area (Å²) >= 11 is 0. The fourth-order valence-corrected chi connectivity index (χ4v) is 6.11. The number of carbonyl (C=O) groups is 3. The Morgan fingerprint density at radius 2 is 1.69 bits per heavy atom. The summed E-state index contributed by atoms with van der Waals surface area (Å²) in [5, 5.41) is 2.56. The lowest BCUT2D eigenvalue weighted by molar-refractivity contribution is -0.130. The minimum Gasteiger partial charge on any atom is -0.450 e. The van der Waals surface area contributed by atoms with Crippen LogP contribution in [0.15, 0.2) is 24.3 Å². The second kappa shape index (κ2) is 8.05. The molecule has 29 heavy (non-hydrogen) atoms. The molecule has 4 saturated carbocycles. The van der Waals surface area contributed by atoms with Gasteiger partial charge in [-0.25, -0.2) is 4.79 Å². The first-order chi connectivity index (χ1) is 13.9. The average molecular weight is 399 g/mol. The van der Waals surface area contributed by atoms with Crippen molar-refractivity contribution in [3.8, 4) is 0 Å². The molecule has 7 nitrogen and oxygen atoms in total. The number of rotatable bonds is 5. The number of benzene rings is 1. The van der Waals surface area contributed by atoms with E-state index in [0.29, 0.717) is 17.7 Å². The molecular weight excluding hydrogens is 370 g/mol. The van der Waals surface area contributed by atoms with E-state index >= 15 is 0 Å². The third-order valence-corrected chi connectivity index (χ3v) is 6.66. The van der Waals surface area contributed by atoms with Gasteiger partial charge in [0.05, 0.1) is 6.61 Å². The summed E-state index contributed by atoms with van der Waals surface area (Å²) in [4.78, 5) is 36.5. The third-order valence-electron chi connectivity index (χ3n) is 6.66. The first-order valence-electron chi connectivity index (χ1n) is 10.6. The molecule has 5 rings (SSSR count). The van der Waals surface area contributed by atoms with E-state index in [9.17, 15) is 14.4 Å². The molecule has 4 bridgehead atoms. The largest absolute Gasteiger partial charge is 0.450 e. The first-order valence-corrected chi connectivity index (χ1v) is 10.6. The van der Waals surface area contributed by atoms with Gasteiger partial charge >= 0.3 is 6.09 Å². The van der Waals surface area contributed by atoms with Crippen LogP contribution in [0.1, 0.15) is 62.2 Å². The molecule has 4 aliphatic rings. The van der Waals surface area contributed by atoms with E-state index in [1.54, 1.807) is 25.1 Å². The van der Waals surface area contributed by atoms with Crippen LogP contribution in [0.4, 0.5) is 10.5 Å². The number of amides is 3. The van der Waals surface area contributed by atoms with Crippen LogP contribution in [0.25, 0.3) is 0 Å². The Morgan fingerprint density at radius 3 is 2.31 bits per heavy atom. The van der Waals surface area contributed by atoms with Gasteiger partial charge in [0, 0.05) is 17.7 Å². The van der Waals surface area contributed by atoms with E-state index < -0.39 is 12.0 Å². The Kier molecular flexibility index (Phi) is 5.48. The van der Waals surface area contributed by atoms with E-state index in [-0.39, 0.29) is 17.9 Å². The zero-order chi connectivity index (χ0) is 20.4. The molecule has 4 aliphatic carbocycles.